The lowest BCUT2D eigenvalue weighted by molar-refractivity contribution is 0.0525. The smallest absolute Gasteiger partial charge is 0.151 e. The van der Waals surface area contributed by atoms with Crippen molar-refractivity contribution in [1.82, 2.24) is 15.5 Å². The first-order valence-corrected chi connectivity index (χ1v) is 7.77. The number of nitrogens with zero attached hydrogens (tertiary/aromatic N) is 3. The monoisotopic (exact) mass is 276 g/mol. The van der Waals surface area contributed by atoms with E-state index in [0.717, 1.165) is 50.6 Å². The topological polar surface area (TPSA) is 50.3 Å². The van der Waals surface area contributed by atoms with Crippen LogP contribution in [0.5, 0.6) is 0 Å². The molecule has 0 aromatic carbocycles. The van der Waals surface area contributed by atoms with Gasteiger partial charge in [0.1, 0.15) is 0 Å². The van der Waals surface area contributed by atoms with E-state index in [1.807, 2.05) is 0 Å². The summed E-state index contributed by atoms with van der Waals surface area (Å²) in [5.41, 5.74) is 1.03. The van der Waals surface area contributed by atoms with E-state index in [1.165, 1.54) is 12.8 Å². The summed E-state index contributed by atoms with van der Waals surface area (Å²) in [6.45, 7) is 5.66. The summed E-state index contributed by atoms with van der Waals surface area (Å²) in [7, 11) is 0. The summed E-state index contributed by atoms with van der Waals surface area (Å²) in [5.74, 6) is 0.976. The second-order valence-corrected chi connectivity index (χ2v) is 5.70. The third-order valence-corrected chi connectivity index (χ3v) is 3.96. The van der Waals surface area contributed by atoms with Crippen molar-refractivity contribution in [3.05, 3.63) is 17.8 Å². The molecule has 0 spiro atoms. The molecule has 1 saturated heterocycles. The largest absolute Gasteiger partial charge is 0.377 e. The molecule has 1 aliphatic carbocycles. The van der Waals surface area contributed by atoms with Crippen molar-refractivity contribution in [3.63, 3.8) is 0 Å². The molecule has 2 aliphatic rings. The van der Waals surface area contributed by atoms with E-state index in [2.05, 4.69) is 39.5 Å². The van der Waals surface area contributed by atoms with Crippen LogP contribution in [0.15, 0.2) is 12.1 Å². The molecule has 1 aliphatic heterocycles. The lowest BCUT2D eigenvalue weighted by Crippen LogP contribution is -2.40. The maximum atomic E-state index is 5.73. The van der Waals surface area contributed by atoms with Crippen LogP contribution in [-0.2, 0) is 11.3 Å². The molecule has 1 atom stereocenters. The fourth-order valence-corrected chi connectivity index (χ4v) is 2.67. The molecular weight excluding hydrogens is 252 g/mol. The molecule has 1 aromatic rings. The predicted octanol–water partition coefficient (Wildman–Crippen LogP) is 1.73. The summed E-state index contributed by atoms with van der Waals surface area (Å²) < 4.78 is 5.73. The molecule has 2 heterocycles. The standard InChI is InChI=1S/C15H24N4O/c1-2-20-14-4-3-9-19(11-14)15-8-7-13(17-18-15)10-16-12-5-6-12/h7-8,12,14,16H,2-6,9-11H2,1H3. The average Bonchev–Trinajstić information content (AvgIpc) is 3.31. The minimum Gasteiger partial charge on any atom is -0.377 e. The molecule has 0 radical (unpaired) electrons. The number of hydrogen-bond donors (Lipinski definition) is 1. The highest BCUT2D eigenvalue weighted by Crippen LogP contribution is 2.20. The van der Waals surface area contributed by atoms with E-state index in [-0.39, 0.29) is 0 Å². The highest BCUT2D eigenvalue weighted by atomic mass is 16.5. The fraction of sp³-hybridized carbons (Fsp3) is 0.733. The summed E-state index contributed by atoms with van der Waals surface area (Å²) >= 11 is 0. The minimum atomic E-state index is 0.340. The number of piperidine rings is 1. The molecule has 20 heavy (non-hydrogen) atoms. The molecule has 1 aromatic heterocycles. The van der Waals surface area contributed by atoms with Gasteiger partial charge in [-0.1, -0.05) is 0 Å². The van der Waals surface area contributed by atoms with Crippen molar-refractivity contribution in [2.75, 3.05) is 24.6 Å². The molecule has 1 unspecified atom stereocenters. The van der Waals surface area contributed by atoms with E-state index in [4.69, 9.17) is 4.74 Å². The van der Waals surface area contributed by atoms with Gasteiger partial charge in [-0.25, -0.2) is 0 Å². The van der Waals surface area contributed by atoms with Gasteiger partial charge < -0.3 is 15.0 Å². The Morgan fingerprint density at radius 1 is 1.30 bits per heavy atom. The zero-order chi connectivity index (χ0) is 13.8. The number of anilines is 1. The van der Waals surface area contributed by atoms with Crippen LogP contribution in [0.4, 0.5) is 5.82 Å². The van der Waals surface area contributed by atoms with Crippen molar-refractivity contribution in [3.8, 4) is 0 Å². The summed E-state index contributed by atoms with van der Waals surface area (Å²) in [4.78, 5) is 2.29. The lowest BCUT2D eigenvalue weighted by atomic mass is 10.1. The van der Waals surface area contributed by atoms with Crippen LogP contribution in [0, 0.1) is 0 Å². The molecule has 110 valence electrons. The summed E-state index contributed by atoms with van der Waals surface area (Å²) in [5, 5.41) is 12.2. The van der Waals surface area contributed by atoms with Crippen LogP contribution < -0.4 is 10.2 Å². The molecule has 5 heteroatoms. The van der Waals surface area contributed by atoms with Crippen LogP contribution in [0.1, 0.15) is 38.3 Å². The van der Waals surface area contributed by atoms with Gasteiger partial charge in [0, 0.05) is 32.3 Å². The van der Waals surface area contributed by atoms with Crippen LogP contribution >= 0.6 is 0 Å². The van der Waals surface area contributed by atoms with Gasteiger partial charge in [0.15, 0.2) is 5.82 Å². The van der Waals surface area contributed by atoms with Crippen LogP contribution in [0.3, 0.4) is 0 Å². The molecule has 1 N–H and O–H groups in total. The maximum absolute atomic E-state index is 5.73. The Morgan fingerprint density at radius 2 is 2.20 bits per heavy atom. The Balaban J connectivity index is 1.55. The first-order chi connectivity index (χ1) is 9.85. The predicted molar refractivity (Wildman–Crippen MR) is 78.8 cm³/mol. The van der Waals surface area contributed by atoms with Crippen molar-refractivity contribution >= 4 is 5.82 Å². The Bertz CT molecular complexity index is 416. The second kappa shape index (κ2) is 6.50. The summed E-state index contributed by atoms with van der Waals surface area (Å²) in [6, 6.07) is 4.89. The van der Waals surface area contributed by atoms with Gasteiger partial charge in [-0.05, 0) is 44.7 Å². The summed E-state index contributed by atoms with van der Waals surface area (Å²) in [6.07, 6.45) is 5.26. The van der Waals surface area contributed by atoms with Gasteiger partial charge in [-0.15, -0.1) is 5.10 Å². The third kappa shape index (κ3) is 3.67. The van der Waals surface area contributed by atoms with Gasteiger partial charge in [0.25, 0.3) is 0 Å². The molecular formula is C15H24N4O. The quantitative estimate of drug-likeness (QED) is 0.857. The zero-order valence-electron chi connectivity index (χ0n) is 12.2. The third-order valence-electron chi connectivity index (χ3n) is 3.96. The van der Waals surface area contributed by atoms with Crippen molar-refractivity contribution < 1.29 is 4.74 Å². The van der Waals surface area contributed by atoms with Gasteiger partial charge in [0.2, 0.25) is 0 Å². The fourth-order valence-electron chi connectivity index (χ4n) is 2.67. The van der Waals surface area contributed by atoms with Gasteiger partial charge >= 0.3 is 0 Å². The number of rotatable bonds is 6. The van der Waals surface area contributed by atoms with Gasteiger partial charge in [-0.2, -0.15) is 5.10 Å². The van der Waals surface area contributed by atoms with Crippen molar-refractivity contribution in [2.45, 2.75) is 51.3 Å². The van der Waals surface area contributed by atoms with Crippen LogP contribution in [0.25, 0.3) is 0 Å². The number of aromatic nitrogens is 2. The second-order valence-electron chi connectivity index (χ2n) is 5.70. The molecule has 1 saturated carbocycles. The van der Waals surface area contributed by atoms with Crippen molar-refractivity contribution in [2.24, 2.45) is 0 Å². The maximum Gasteiger partial charge on any atom is 0.151 e. The average molecular weight is 276 g/mol. The molecule has 3 rings (SSSR count). The molecule has 0 amide bonds. The number of nitrogens with one attached hydrogen (secondary N) is 1. The van der Waals surface area contributed by atoms with Gasteiger partial charge in [-0.3, -0.25) is 0 Å². The van der Waals surface area contributed by atoms with E-state index in [1.54, 1.807) is 0 Å². The Hall–Kier alpha value is -1.20. The lowest BCUT2D eigenvalue weighted by Gasteiger charge is -2.33. The Morgan fingerprint density at radius 3 is 2.90 bits per heavy atom. The Kier molecular flexibility index (Phi) is 4.47. The minimum absolute atomic E-state index is 0.340. The van der Waals surface area contributed by atoms with E-state index < -0.39 is 0 Å². The molecule has 0 bridgehead atoms. The highest BCUT2D eigenvalue weighted by molar-refractivity contribution is 5.38. The normalized spacial score (nSPS) is 23.1. The first kappa shape index (κ1) is 13.8. The highest BCUT2D eigenvalue weighted by Gasteiger charge is 2.22. The van der Waals surface area contributed by atoms with Crippen LogP contribution in [-0.4, -0.2) is 42.0 Å². The SMILES string of the molecule is CCOC1CCCN(c2ccc(CNC3CC3)nn2)C1. The Labute approximate surface area is 120 Å². The number of hydrogen-bond acceptors (Lipinski definition) is 5. The molecule has 5 nitrogen and oxygen atoms in total. The van der Waals surface area contributed by atoms with Crippen LogP contribution in [0.2, 0.25) is 0 Å². The first-order valence-electron chi connectivity index (χ1n) is 7.77. The zero-order valence-corrected chi connectivity index (χ0v) is 12.2. The number of ether oxygens (including phenoxy) is 1. The van der Waals surface area contributed by atoms with E-state index in [9.17, 15) is 0 Å². The van der Waals surface area contributed by atoms with E-state index in [0.29, 0.717) is 12.1 Å². The van der Waals surface area contributed by atoms with Crippen molar-refractivity contribution in [1.29, 1.82) is 0 Å². The van der Waals surface area contributed by atoms with Gasteiger partial charge in [0.05, 0.1) is 11.8 Å². The molecule has 2 fully saturated rings. The van der Waals surface area contributed by atoms with E-state index >= 15 is 0 Å².